The van der Waals surface area contributed by atoms with Gasteiger partial charge in [0.15, 0.2) is 0 Å². The van der Waals surface area contributed by atoms with Crippen LogP contribution in [0.1, 0.15) is 168 Å². The molecule has 0 unspecified atom stereocenters. The van der Waals surface area contributed by atoms with Crippen LogP contribution in [0.2, 0.25) is 0 Å². The third-order valence-corrected chi connectivity index (χ3v) is 21.3. The number of nitrogens with zero attached hydrogens (tertiary/aromatic N) is 1. The van der Waals surface area contributed by atoms with Crippen molar-refractivity contribution in [2.24, 2.45) is 10.8 Å². The van der Waals surface area contributed by atoms with E-state index in [1.165, 1.54) is 35.4 Å². The van der Waals surface area contributed by atoms with Crippen LogP contribution in [0.3, 0.4) is 0 Å². The Kier molecular flexibility index (Phi) is 25.6. The van der Waals surface area contributed by atoms with Gasteiger partial charge < -0.3 is 44.4 Å². The first kappa shape index (κ1) is 83.6. The number of fused-ring (bicyclic) bond motifs is 3. The van der Waals surface area contributed by atoms with Gasteiger partial charge >= 0.3 is 0 Å². The van der Waals surface area contributed by atoms with Crippen LogP contribution in [0.5, 0.6) is 23.0 Å². The number of phenols is 2. The van der Waals surface area contributed by atoms with Gasteiger partial charge in [-0.1, -0.05) is 267 Å². The number of ether oxygens (including phenoxy) is 2. The fourth-order valence-electron chi connectivity index (χ4n) is 16.5. The quantitative estimate of drug-likeness (QED) is 0.0258. The summed E-state index contributed by atoms with van der Waals surface area (Å²) in [5, 5.41) is 32.3. The minimum atomic E-state index is -0.453. The number of aryl methyl sites for hydroxylation is 2. The molecule has 1 aromatic heterocycles. The van der Waals surface area contributed by atoms with E-state index in [4.69, 9.17) is 9.47 Å². The Bertz CT molecular complexity index is 5370. The van der Waals surface area contributed by atoms with Crippen molar-refractivity contribution in [2.45, 2.75) is 159 Å². The zero-order valence-corrected chi connectivity index (χ0v) is 71.9. The Morgan fingerprint density at radius 2 is 0.766 bits per heavy atom. The molecule has 0 fully saturated rings. The van der Waals surface area contributed by atoms with Crippen molar-refractivity contribution in [3.05, 3.63) is 296 Å². The maximum absolute atomic E-state index is 16.4. The summed E-state index contributed by atoms with van der Waals surface area (Å²) in [4.78, 5) is 0. The smallest absolute Gasteiger partial charge is 0.147 e. The van der Waals surface area contributed by atoms with E-state index >= 15 is 8.78 Å². The van der Waals surface area contributed by atoms with Gasteiger partial charge in [-0.2, -0.15) is 0 Å². The van der Waals surface area contributed by atoms with Gasteiger partial charge in [-0.3, -0.25) is 0 Å². The van der Waals surface area contributed by atoms with Crippen molar-refractivity contribution in [3.63, 3.8) is 0 Å². The molecule has 111 heavy (non-hydrogen) atoms. The van der Waals surface area contributed by atoms with Gasteiger partial charge in [0.25, 0.3) is 0 Å². The molecule has 572 valence electrons. The summed E-state index contributed by atoms with van der Waals surface area (Å²) in [6.45, 7) is 35.5. The summed E-state index contributed by atoms with van der Waals surface area (Å²) >= 11 is 0. The number of rotatable bonds is 23. The Hall–Kier alpha value is -9.83. The molecule has 0 spiro atoms. The van der Waals surface area contributed by atoms with Crippen molar-refractivity contribution in [1.82, 2.24) is 4.57 Å². The number of phenolic OH excluding ortho intramolecular Hbond substituents is 2. The minimum Gasteiger partial charge on any atom is -0.505 e. The second-order valence-corrected chi connectivity index (χ2v) is 34.2. The van der Waals surface area contributed by atoms with E-state index in [0.29, 0.717) is 80.9 Å². The van der Waals surface area contributed by atoms with Crippen LogP contribution in [0.25, 0.3) is 105 Å². The molecule has 0 atom stereocenters. The van der Waals surface area contributed by atoms with Crippen LogP contribution < -0.4 is 14.8 Å². The van der Waals surface area contributed by atoms with E-state index in [2.05, 4.69) is 271 Å². The summed E-state index contributed by atoms with van der Waals surface area (Å²) in [5.41, 5.74) is 20.7. The molecule has 0 bridgehead atoms. The molecule has 9 heteroatoms. The molecule has 0 saturated carbocycles. The summed E-state index contributed by atoms with van der Waals surface area (Å²) in [6.07, 6.45) is 2.69. The van der Waals surface area contributed by atoms with Crippen molar-refractivity contribution in [3.8, 4) is 107 Å². The molecule has 0 saturated heterocycles. The summed E-state index contributed by atoms with van der Waals surface area (Å²) in [6, 6.07) is 80.6. The molecule has 13 aromatic rings. The van der Waals surface area contributed by atoms with Crippen LogP contribution in [0, 0.1) is 51.2 Å². The maximum atomic E-state index is 16.4. The van der Waals surface area contributed by atoms with E-state index in [1.807, 2.05) is 62.4 Å². The molecule has 12 aromatic carbocycles. The van der Waals surface area contributed by atoms with Crippen molar-refractivity contribution < 1.29 is 54.3 Å². The molecule has 0 amide bonds. The Labute approximate surface area is 678 Å². The van der Waals surface area contributed by atoms with Crippen LogP contribution >= 0.6 is 0 Å². The molecule has 3 N–H and O–H groups in total. The number of aromatic nitrogens is 1. The van der Waals surface area contributed by atoms with Crippen LogP contribution in [-0.4, -0.2) is 28.0 Å². The number of halogens is 2. The summed E-state index contributed by atoms with van der Waals surface area (Å²) < 4.78 is 48.6. The molecule has 1 heterocycles. The first-order valence-electron chi connectivity index (χ1n) is 38.4. The number of unbranched alkanes of at least 4 members (excludes halogenated alkanes) is 1. The molecule has 0 aliphatic carbocycles. The zero-order valence-electron chi connectivity index (χ0n) is 68.3. The van der Waals surface area contributed by atoms with Gasteiger partial charge in [0.2, 0.25) is 0 Å². The van der Waals surface area contributed by atoms with Crippen molar-refractivity contribution in [1.29, 1.82) is 0 Å². The van der Waals surface area contributed by atoms with Crippen LogP contribution in [0.15, 0.2) is 237 Å². The molecular formula is C102H110F2HfN2O4-2. The SMILES string of the molecule is Cc1cc(F)cc(-c2cc(C(C)(C)CC(C)(C)C)cc(Nc3cc(-c4cccc(C(C)C)c4)ccc3-c3ccc(-c4cccc(C(C)C)c4)cc3)c2O)c1OCCCCOc1c(C)cc(F)cc1-c1cc(C(C)(C)CC(C)(C)C)cc(-n2c3cc(-c4ccccc4)ccc3c3ccc(-c4ccccc4)cc32)c1O.[CH3-].[CH3-].[Hf]. The average Bonchev–Trinajstić information content (AvgIpc) is 1.58. The molecule has 0 radical (unpaired) electrons. The first-order chi connectivity index (χ1) is 51.4. The minimum absolute atomic E-state index is 0. The van der Waals surface area contributed by atoms with Gasteiger partial charge in [0.05, 0.1) is 35.6 Å². The van der Waals surface area contributed by atoms with Gasteiger partial charge in [-0.15, -0.1) is 0 Å². The number of anilines is 2. The van der Waals surface area contributed by atoms with E-state index in [-0.39, 0.29) is 76.2 Å². The van der Waals surface area contributed by atoms with Crippen LogP contribution in [0.4, 0.5) is 20.2 Å². The molecular weight excluding hydrogens is 1530 g/mol. The van der Waals surface area contributed by atoms with Gasteiger partial charge in [-0.25, -0.2) is 8.78 Å². The second-order valence-electron chi connectivity index (χ2n) is 34.2. The fourth-order valence-corrected chi connectivity index (χ4v) is 16.5. The number of nitrogens with one attached hydrogen (secondary N) is 1. The number of hydrogen-bond donors (Lipinski definition) is 3. The van der Waals surface area contributed by atoms with Gasteiger partial charge in [0.1, 0.15) is 34.6 Å². The largest absolute Gasteiger partial charge is 0.505 e. The normalized spacial score (nSPS) is 11.9. The Balaban J connectivity index is 0.00000436. The molecule has 6 nitrogen and oxygen atoms in total. The molecule has 13 rings (SSSR count). The number of aromatic hydroxyl groups is 2. The van der Waals surface area contributed by atoms with E-state index in [9.17, 15) is 10.2 Å². The predicted octanol–water partition coefficient (Wildman–Crippen LogP) is 29.3. The van der Waals surface area contributed by atoms with E-state index in [1.54, 1.807) is 0 Å². The zero-order chi connectivity index (χ0) is 76.7. The average molecular weight is 1640 g/mol. The Morgan fingerprint density at radius 3 is 1.23 bits per heavy atom. The number of benzene rings is 12. The third-order valence-electron chi connectivity index (χ3n) is 21.3. The summed E-state index contributed by atoms with van der Waals surface area (Å²) in [5.74, 6) is 0.724. The molecule has 0 aliphatic heterocycles. The van der Waals surface area contributed by atoms with E-state index in [0.717, 1.165) is 107 Å². The standard InChI is InChI=1S/C100H104F2N2O4.2CH3.Hf/c1-62(2)70-31-25-33-72(49-70)68-35-37-69(38-36-68)81-42-39-74(73-34-26-32-71(50-73)63(3)4)51-88(81)103-89-56-77(99(13,14)60-97(7,8)9)54-84(93(89)105)86-58-79(101)47-64(5)95(86)107-45-23-24-46-108-96-65(6)48-80(102)59-87(96)85-55-78(100(15,16)61-98(10,11)12)57-92(94(85)106)104-90-52-75(66-27-19-17-20-28-66)40-43-82(90)83-44-41-76(53-91(83)104)67-29-21-18-22-30-67;;;/h17-22,25-44,47-59,62-63,103,105-106H,23-24,45-46,60-61H2,1-16H3;2*1H3;/q;2*-1;. The van der Waals surface area contributed by atoms with Gasteiger partial charge in [-0.05, 0) is 223 Å². The van der Waals surface area contributed by atoms with Crippen LogP contribution in [-0.2, 0) is 36.7 Å². The fraction of sp³-hybridized carbons (Fsp3) is 0.275. The second kappa shape index (κ2) is 34.0. The van der Waals surface area contributed by atoms with Crippen molar-refractivity contribution in [2.75, 3.05) is 18.5 Å². The van der Waals surface area contributed by atoms with E-state index < -0.39 is 22.5 Å². The summed E-state index contributed by atoms with van der Waals surface area (Å²) in [7, 11) is 0. The Morgan fingerprint density at radius 1 is 0.378 bits per heavy atom. The van der Waals surface area contributed by atoms with Gasteiger partial charge in [0, 0.05) is 70.1 Å². The van der Waals surface area contributed by atoms with Crippen molar-refractivity contribution >= 4 is 33.2 Å². The maximum Gasteiger partial charge on any atom is 0.147 e. The predicted molar refractivity (Wildman–Crippen MR) is 463 cm³/mol. The monoisotopic (exact) mass is 1640 g/mol. The topological polar surface area (TPSA) is 75.9 Å². The third kappa shape index (κ3) is 18.5. The number of hydrogen-bond acceptors (Lipinski definition) is 5. The molecule has 0 aliphatic rings. The first-order valence-corrected chi connectivity index (χ1v) is 38.4.